The van der Waals surface area contributed by atoms with Crippen LogP contribution in [0.5, 0.6) is 0 Å². The molecule has 10 heteroatoms. The van der Waals surface area contributed by atoms with E-state index in [1.807, 2.05) is 0 Å². The number of nitrogens with zero attached hydrogens (tertiary/aromatic N) is 2. The molecule has 7 nitrogen and oxygen atoms in total. The van der Waals surface area contributed by atoms with Crippen molar-refractivity contribution < 1.29 is 17.9 Å². The van der Waals surface area contributed by atoms with Gasteiger partial charge in [-0.3, -0.25) is 4.72 Å². The highest BCUT2D eigenvalue weighted by Gasteiger charge is 2.19. The monoisotopic (exact) mass is 415 g/mol. The SMILES string of the molecule is COC(=O)c1ccc(S(=O)(=O)Nc2nc3ccc(Cl)cn3c2C)cc1.Cl. The lowest BCUT2D eigenvalue weighted by Gasteiger charge is -2.07. The number of hydrogen-bond donors (Lipinski definition) is 1. The van der Waals surface area contributed by atoms with Crippen molar-refractivity contribution in [1.82, 2.24) is 9.38 Å². The van der Waals surface area contributed by atoms with E-state index < -0.39 is 16.0 Å². The van der Waals surface area contributed by atoms with E-state index >= 15 is 0 Å². The number of imidazole rings is 1. The maximum atomic E-state index is 12.5. The molecule has 0 fully saturated rings. The lowest BCUT2D eigenvalue weighted by Crippen LogP contribution is -2.14. The molecule has 0 bridgehead atoms. The summed E-state index contributed by atoms with van der Waals surface area (Å²) in [5, 5.41) is 0.515. The van der Waals surface area contributed by atoms with Crippen molar-refractivity contribution in [3.63, 3.8) is 0 Å². The fraction of sp³-hybridized carbons (Fsp3) is 0.125. The molecular weight excluding hydrogens is 401 g/mol. The first-order valence-corrected chi connectivity index (χ1v) is 9.03. The Kier molecular flexibility index (Phi) is 5.80. The minimum Gasteiger partial charge on any atom is -0.465 e. The summed E-state index contributed by atoms with van der Waals surface area (Å²) >= 11 is 5.96. The molecule has 0 saturated carbocycles. The second kappa shape index (κ2) is 7.53. The van der Waals surface area contributed by atoms with Crippen molar-refractivity contribution in [3.8, 4) is 0 Å². The van der Waals surface area contributed by atoms with Gasteiger partial charge in [-0.05, 0) is 43.3 Å². The topological polar surface area (TPSA) is 89.8 Å². The first-order chi connectivity index (χ1) is 11.8. The molecule has 2 heterocycles. The zero-order chi connectivity index (χ0) is 18.2. The Labute approximate surface area is 161 Å². The van der Waals surface area contributed by atoms with Crippen molar-refractivity contribution in [1.29, 1.82) is 0 Å². The Balaban J connectivity index is 0.00000243. The molecule has 1 N–H and O–H groups in total. The molecule has 0 amide bonds. The van der Waals surface area contributed by atoms with Crippen LogP contribution in [-0.4, -0.2) is 30.9 Å². The summed E-state index contributed by atoms with van der Waals surface area (Å²) in [6.45, 7) is 1.73. The van der Waals surface area contributed by atoms with Gasteiger partial charge in [0.15, 0.2) is 5.82 Å². The van der Waals surface area contributed by atoms with Gasteiger partial charge in [0.1, 0.15) is 5.65 Å². The average molecular weight is 416 g/mol. The van der Waals surface area contributed by atoms with E-state index in [0.29, 0.717) is 16.4 Å². The minimum atomic E-state index is -3.85. The van der Waals surface area contributed by atoms with E-state index in [9.17, 15) is 13.2 Å². The predicted octanol–water partition coefficient (Wildman–Crippen LogP) is 3.31. The Morgan fingerprint density at radius 3 is 2.46 bits per heavy atom. The zero-order valence-electron chi connectivity index (χ0n) is 13.8. The molecule has 138 valence electrons. The van der Waals surface area contributed by atoms with Gasteiger partial charge in [0, 0.05) is 6.20 Å². The van der Waals surface area contributed by atoms with E-state index in [1.165, 1.54) is 31.4 Å². The first kappa shape index (κ1) is 20.0. The number of halogens is 2. The molecule has 0 aliphatic rings. The Bertz CT molecular complexity index is 1060. The smallest absolute Gasteiger partial charge is 0.337 e. The fourth-order valence-corrected chi connectivity index (χ4v) is 3.53. The molecule has 0 spiro atoms. The predicted molar refractivity (Wildman–Crippen MR) is 101 cm³/mol. The molecule has 0 saturated heterocycles. The number of aryl methyl sites for hydroxylation is 1. The minimum absolute atomic E-state index is 0. The molecule has 26 heavy (non-hydrogen) atoms. The Morgan fingerprint density at radius 2 is 1.85 bits per heavy atom. The third-order valence-electron chi connectivity index (χ3n) is 3.64. The summed E-state index contributed by atoms with van der Waals surface area (Å²) in [6, 6.07) is 8.80. The van der Waals surface area contributed by atoms with Gasteiger partial charge in [0.2, 0.25) is 0 Å². The molecule has 3 rings (SSSR count). The van der Waals surface area contributed by atoms with Crippen LogP contribution in [0.4, 0.5) is 5.82 Å². The van der Waals surface area contributed by atoms with Crippen molar-refractivity contribution in [2.24, 2.45) is 0 Å². The number of fused-ring (bicyclic) bond motifs is 1. The third-order valence-corrected chi connectivity index (χ3v) is 5.22. The molecular formula is C16H15Cl2N3O4S. The Hall–Kier alpha value is -2.29. The van der Waals surface area contributed by atoms with E-state index in [2.05, 4.69) is 14.4 Å². The van der Waals surface area contributed by atoms with E-state index in [1.54, 1.807) is 29.7 Å². The van der Waals surface area contributed by atoms with Gasteiger partial charge in [0.25, 0.3) is 10.0 Å². The van der Waals surface area contributed by atoms with E-state index in [0.717, 1.165) is 0 Å². The molecule has 1 aromatic carbocycles. The normalized spacial score (nSPS) is 11.0. The van der Waals surface area contributed by atoms with Crippen LogP contribution in [0.25, 0.3) is 5.65 Å². The standard InChI is InChI=1S/C16H14ClN3O4S.ClH/c1-10-15(18-14-8-5-12(17)9-20(10)14)19-25(22,23)13-6-3-11(4-7-13)16(21)24-2;/h3-9,19H,1-2H3;1H. The number of aromatic nitrogens is 2. The average Bonchev–Trinajstić information content (AvgIpc) is 2.89. The van der Waals surface area contributed by atoms with Crippen molar-refractivity contribution in [3.05, 3.63) is 58.9 Å². The maximum absolute atomic E-state index is 12.5. The summed E-state index contributed by atoms with van der Waals surface area (Å²) in [6.07, 6.45) is 1.65. The van der Waals surface area contributed by atoms with E-state index in [-0.39, 0.29) is 28.7 Å². The fourth-order valence-electron chi connectivity index (χ4n) is 2.31. The summed E-state index contributed by atoms with van der Waals surface area (Å²) in [5.41, 5.74) is 1.44. The lowest BCUT2D eigenvalue weighted by molar-refractivity contribution is 0.0600. The molecule has 0 unspecified atom stereocenters. The van der Waals surface area contributed by atoms with Gasteiger partial charge in [0.05, 0.1) is 28.3 Å². The summed E-state index contributed by atoms with van der Waals surface area (Å²) in [4.78, 5) is 15.7. The highest BCUT2D eigenvalue weighted by Crippen LogP contribution is 2.22. The largest absolute Gasteiger partial charge is 0.465 e. The zero-order valence-corrected chi connectivity index (χ0v) is 16.2. The van der Waals surface area contributed by atoms with Crippen LogP contribution in [0.1, 0.15) is 16.1 Å². The number of carbonyl (C=O) groups is 1. The number of pyridine rings is 1. The van der Waals surface area contributed by atoms with Crippen molar-refractivity contribution >= 4 is 51.5 Å². The van der Waals surface area contributed by atoms with Crippen LogP contribution in [0, 0.1) is 6.92 Å². The van der Waals surface area contributed by atoms with Crippen LogP contribution in [-0.2, 0) is 14.8 Å². The number of hydrogen-bond acceptors (Lipinski definition) is 5. The van der Waals surface area contributed by atoms with Crippen molar-refractivity contribution in [2.45, 2.75) is 11.8 Å². The highest BCUT2D eigenvalue weighted by molar-refractivity contribution is 7.92. The van der Waals surface area contributed by atoms with Crippen LogP contribution >= 0.6 is 24.0 Å². The van der Waals surface area contributed by atoms with Gasteiger partial charge < -0.3 is 9.14 Å². The number of benzene rings is 1. The molecule has 0 radical (unpaired) electrons. The van der Waals surface area contributed by atoms with Gasteiger partial charge in [-0.25, -0.2) is 18.2 Å². The van der Waals surface area contributed by atoms with Gasteiger partial charge in [-0.2, -0.15) is 0 Å². The van der Waals surface area contributed by atoms with Crippen LogP contribution in [0.3, 0.4) is 0 Å². The number of rotatable bonds is 4. The number of methoxy groups -OCH3 is 1. The van der Waals surface area contributed by atoms with Gasteiger partial charge in [-0.1, -0.05) is 11.6 Å². The summed E-state index contributed by atoms with van der Waals surface area (Å²) < 4.78 is 33.8. The third kappa shape index (κ3) is 3.77. The second-order valence-electron chi connectivity index (χ2n) is 5.24. The van der Waals surface area contributed by atoms with Crippen molar-refractivity contribution in [2.75, 3.05) is 11.8 Å². The molecule has 2 aromatic heterocycles. The lowest BCUT2D eigenvalue weighted by atomic mass is 10.2. The number of esters is 1. The molecule has 3 aromatic rings. The summed E-state index contributed by atoms with van der Waals surface area (Å²) in [7, 11) is -2.60. The molecule has 0 aliphatic heterocycles. The maximum Gasteiger partial charge on any atom is 0.337 e. The van der Waals surface area contributed by atoms with Gasteiger partial charge in [-0.15, -0.1) is 12.4 Å². The Morgan fingerprint density at radius 1 is 1.19 bits per heavy atom. The second-order valence-corrected chi connectivity index (χ2v) is 7.36. The molecule has 0 aliphatic carbocycles. The number of ether oxygens (including phenoxy) is 1. The van der Waals surface area contributed by atoms with Crippen LogP contribution in [0.2, 0.25) is 5.02 Å². The number of carbonyl (C=O) groups excluding carboxylic acids is 1. The van der Waals surface area contributed by atoms with Crippen LogP contribution < -0.4 is 4.72 Å². The quantitative estimate of drug-likeness (QED) is 0.660. The first-order valence-electron chi connectivity index (χ1n) is 7.17. The van der Waals surface area contributed by atoms with E-state index in [4.69, 9.17) is 11.6 Å². The van der Waals surface area contributed by atoms with Crippen LogP contribution in [0.15, 0.2) is 47.5 Å². The highest BCUT2D eigenvalue weighted by atomic mass is 35.5. The number of anilines is 1. The van der Waals surface area contributed by atoms with Gasteiger partial charge >= 0.3 is 5.97 Å². The number of sulfonamides is 1. The number of nitrogens with one attached hydrogen (secondary N) is 1. The summed E-state index contributed by atoms with van der Waals surface area (Å²) in [5.74, 6) is -0.329. The molecule has 0 atom stereocenters.